The third-order valence-electron chi connectivity index (χ3n) is 9.96. The monoisotopic (exact) mass is 700 g/mol. The Bertz CT molecular complexity index is 1920. The molecule has 0 saturated carbocycles. The van der Waals surface area contributed by atoms with Gasteiger partial charge in [-0.1, -0.05) is 27.3 Å². The van der Waals surface area contributed by atoms with E-state index in [1.54, 1.807) is 26.6 Å². The lowest BCUT2D eigenvalue weighted by Crippen LogP contribution is -2.46. The number of ether oxygens (including phenoxy) is 2. The molecule has 0 bridgehead atoms. The lowest BCUT2D eigenvalue weighted by Gasteiger charge is -2.37. The minimum absolute atomic E-state index is 0. The Labute approximate surface area is 297 Å². The second kappa shape index (κ2) is 15.5. The molecule has 2 unspecified atom stereocenters. The van der Waals surface area contributed by atoms with Crippen molar-refractivity contribution in [2.45, 2.75) is 58.7 Å². The molecule has 4 heterocycles. The van der Waals surface area contributed by atoms with Crippen molar-refractivity contribution in [3.63, 3.8) is 0 Å². The fraction of sp³-hybridized carbons (Fsp3) is 0.421. The number of halogens is 2. The Morgan fingerprint density at radius 3 is 2.14 bits per heavy atom. The molecule has 2 saturated heterocycles. The van der Waals surface area contributed by atoms with Gasteiger partial charge in [0.15, 0.2) is 0 Å². The van der Waals surface area contributed by atoms with Crippen LogP contribution in [0.25, 0.3) is 5.69 Å². The minimum Gasteiger partial charge on any atom is -0.493 e. The van der Waals surface area contributed by atoms with E-state index >= 15 is 0 Å². The molecular weight excluding hydrogens is 654 g/mol. The van der Waals surface area contributed by atoms with Crippen LogP contribution in [0, 0.1) is 17.6 Å². The summed E-state index contributed by atoms with van der Waals surface area (Å²) in [6, 6.07) is 19.9. The van der Waals surface area contributed by atoms with Crippen LogP contribution in [-0.4, -0.2) is 68.5 Å². The van der Waals surface area contributed by atoms with Gasteiger partial charge in [-0.3, -0.25) is 0 Å². The summed E-state index contributed by atoms with van der Waals surface area (Å²) >= 11 is 0. The number of hydrogen-bond donors (Lipinski definition) is 0. The van der Waals surface area contributed by atoms with E-state index in [4.69, 9.17) is 9.47 Å². The maximum atomic E-state index is 15.0. The summed E-state index contributed by atoms with van der Waals surface area (Å²) in [4.78, 5) is 21.7. The van der Waals surface area contributed by atoms with Gasteiger partial charge in [0.1, 0.15) is 42.0 Å². The van der Waals surface area contributed by atoms with E-state index in [0.29, 0.717) is 25.2 Å². The molecule has 0 aliphatic carbocycles. The summed E-state index contributed by atoms with van der Waals surface area (Å²) in [5.41, 5.74) is 2.25. The summed E-state index contributed by atoms with van der Waals surface area (Å²) < 4.78 is 45.9. The van der Waals surface area contributed by atoms with Crippen LogP contribution in [0.3, 0.4) is 0 Å². The molecule has 0 radical (unpaired) electrons. The molecule has 2 aliphatic heterocycles. The highest BCUT2D eigenvalue weighted by atomic mass is 19.1. The average Bonchev–Trinajstić information content (AvgIpc) is 3.90. The molecule has 5 aromatic rings. The van der Waals surface area contributed by atoms with Gasteiger partial charge in [-0.05, 0) is 73.9 Å². The summed E-state index contributed by atoms with van der Waals surface area (Å²) in [7, 11) is 0. The van der Waals surface area contributed by atoms with Crippen molar-refractivity contribution in [1.82, 2.24) is 29.1 Å². The van der Waals surface area contributed by atoms with Crippen LogP contribution < -0.4 is 20.2 Å². The molecule has 51 heavy (non-hydrogen) atoms. The molecule has 2 atom stereocenters. The molecule has 270 valence electrons. The first-order valence-corrected chi connectivity index (χ1v) is 17.3. The lowest BCUT2D eigenvalue weighted by atomic mass is 9.87. The fourth-order valence-electron chi connectivity index (χ4n) is 7.18. The van der Waals surface area contributed by atoms with E-state index in [1.165, 1.54) is 18.5 Å². The zero-order chi connectivity index (χ0) is 34.7. The van der Waals surface area contributed by atoms with Gasteiger partial charge in [-0.25, -0.2) is 32.5 Å². The number of piperazine rings is 1. The highest BCUT2D eigenvalue weighted by Crippen LogP contribution is 2.42. The topological polar surface area (TPSA) is 95.5 Å². The van der Waals surface area contributed by atoms with E-state index in [-0.39, 0.29) is 31.6 Å². The summed E-state index contributed by atoms with van der Waals surface area (Å²) in [5.74, 6) is -0.527. The van der Waals surface area contributed by atoms with E-state index < -0.39 is 17.2 Å². The van der Waals surface area contributed by atoms with Crippen molar-refractivity contribution in [3.05, 3.63) is 113 Å². The highest BCUT2D eigenvalue weighted by Gasteiger charge is 2.44. The van der Waals surface area contributed by atoms with Crippen molar-refractivity contribution < 1.29 is 18.3 Å². The number of aromatic nitrogens is 6. The third-order valence-corrected chi connectivity index (χ3v) is 9.96. The Kier molecular flexibility index (Phi) is 10.8. The smallest absolute Gasteiger partial charge is 0.350 e. The molecule has 0 amide bonds. The molecule has 2 aromatic heterocycles. The van der Waals surface area contributed by atoms with Crippen molar-refractivity contribution in [3.8, 4) is 11.4 Å². The van der Waals surface area contributed by atoms with Gasteiger partial charge < -0.3 is 19.3 Å². The quantitative estimate of drug-likeness (QED) is 0.151. The largest absolute Gasteiger partial charge is 0.493 e. The Balaban J connectivity index is 0.00000448. The first-order chi connectivity index (χ1) is 24.4. The summed E-state index contributed by atoms with van der Waals surface area (Å²) in [6.07, 6.45) is 6.81. The van der Waals surface area contributed by atoms with Gasteiger partial charge in [0.2, 0.25) is 0 Å². The van der Waals surface area contributed by atoms with Crippen LogP contribution in [0.1, 0.15) is 52.1 Å². The predicted molar refractivity (Wildman–Crippen MR) is 193 cm³/mol. The Morgan fingerprint density at radius 2 is 1.53 bits per heavy atom. The Hall–Kier alpha value is -5.04. The molecule has 3 aromatic carbocycles. The SMILES string of the molecule is C.CCC(CC)n1ncn(-c2ccc(N3CCN(c4ccc(OCC5COC(Cn6cncn6)(c6ccc(F)cc6F)C5)cc4)CC3)cc2)c1=O. The number of benzene rings is 3. The van der Waals surface area contributed by atoms with Crippen LogP contribution in [-0.2, 0) is 16.9 Å². The molecule has 2 aliphatic rings. The second-order valence-electron chi connectivity index (χ2n) is 13.1. The summed E-state index contributed by atoms with van der Waals surface area (Å²) in [6.45, 7) is 8.66. The van der Waals surface area contributed by atoms with Crippen LogP contribution >= 0.6 is 0 Å². The fourth-order valence-corrected chi connectivity index (χ4v) is 7.18. The lowest BCUT2D eigenvalue weighted by molar-refractivity contribution is -0.0206. The number of nitrogens with zero attached hydrogens (tertiary/aromatic N) is 8. The third kappa shape index (κ3) is 7.53. The van der Waals surface area contributed by atoms with E-state index in [2.05, 4.69) is 63.1 Å². The van der Waals surface area contributed by atoms with Gasteiger partial charge >= 0.3 is 5.69 Å². The van der Waals surface area contributed by atoms with Crippen molar-refractivity contribution >= 4 is 11.4 Å². The number of hydrogen-bond acceptors (Lipinski definition) is 8. The molecule has 13 heteroatoms. The van der Waals surface area contributed by atoms with Crippen LogP contribution in [0.15, 0.2) is 90.5 Å². The first-order valence-electron chi connectivity index (χ1n) is 17.3. The predicted octanol–water partition coefficient (Wildman–Crippen LogP) is 6.24. The first kappa shape index (κ1) is 35.8. The normalized spacial score (nSPS) is 19.0. The van der Waals surface area contributed by atoms with Crippen LogP contribution in [0.5, 0.6) is 5.75 Å². The van der Waals surface area contributed by atoms with Crippen LogP contribution in [0.4, 0.5) is 20.2 Å². The maximum Gasteiger partial charge on any atom is 0.350 e. The summed E-state index contributed by atoms with van der Waals surface area (Å²) in [5, 5.41) is 8.55. The zero-order valence-corrected chi connectivity index (χ0v) is 28.4. The maximum absolute atomic E-state index is 15.0. The van der Waals surface area contributed by atoms with Crippen molar-refractivity contribution in [1.29, 1.82) is 0 Å². The zero-order valence-electron chi connectivity index (χ0n) is 28.4. The van der Waals surface area contributed by atoms with Crippen LogP contribution in [0.2, 0.25) is 0 Å². The van der Waals surface area contributed by atoms with E-state index in [1.807, 2.05) is 24.3 Å². The molecular formula is C38H46F2N8O3. The number of anilines is 2. The van der Waals surface area contributed by atoms with E-state index in [9.17, 15) is 13.6 Å². The minimum atomic E-state index is -1.01. The number of rotatable bonds is 12. The average molecular weight is 701 g/mol. The van der Waals surface area contributed by atoms with Gasteiger partial charge in [-0.2, -0.15) is 10.2 Å². The molecule has 0 N–H and O–H groups in total. The van der Waals surface area contributed by atoms with Gasteiger partial charge in [0.05, 0.1) is 31.5 Å². The van der Waals surface area contributed by atoms with Gasteiger partial charge in [0, 0.05) is 55.1 Å². The van der Waals surface area contributed by atoms with Gasteiger partial charge in [-0.15, -0.1) is 0 Å². The van der Waals surface area contributed by atoms with Gasteiger partial charge in [0.25, 0.3) is 0 Å². The molecule has 11 nitrogen and oxygen atoms in total. The van der Waals surface area contributed by atoms with Crippen molar-refractivity contribution in [2.24, 2.45) is 5.92 Å². The molecule has 0 spiro atoms. The second-order valence-corrected chi connectivity index (χ2v) is 13.1. The van der Waals surface area contributed by atoms with Crippen molar-refractivity contribution in [2.75, 3.05) is 49.2 Å². The van der Waals surface area contributed by atoms with E-state index in [0.717, 1.165) is 67.9 Å². The Morgan fingerprint density at radius 1 is 0.882 bits per heavy atom. The molecule has 7 rings (SSSR count). The molecule has 2 fully saturated rings. The highest BCUT2D eigenvalue weighted by molar-refractivity contribution is 5.54. The standard InChI is InChI=1S/C37H42F2N8O3.CH4/c1-3-29(4-2)47-36(48)46(26-42-47)32-8-6-30(7-9-32)43-15-17-44(18-16-43)31-10-12-33(13-11-31)49-21-27-20-37(50-22-27,23-45-25-40-24-41-45)34-14-5-28(38)19-35(34)39;/h5-14,19,24-27,29H,3-4,15-18,20-23H2,1-2H3;1H4.